The Morgan fingerprint density at radius 3 is 2.71 bits per heavy atom. The largest absolute Gasteiger partial charge is 0.376 e. The lowest BCUT2D eigenvalue weighted by molar-refractivity contribution is -0.137. The number of hydrogen-bond acceptors (Lipinski definition) is 3. The van der Waals surface area contributed by atoms with Gasteiger partial charge in [0, 0.05) is 38.0 Å². The minimum absolute atomic E-state index is 0.119. The molecule has 0 unspecified atom stereocenters. The molecule has 4 heteroatoms. The number of pyridine rings is 1. The number of allylic oxidation sites excluding steroid dienone is 2. The van der Waals surface area contributed by atoms with Crippen LogP contribution in [0.3, 0.4) is 0 Å². The van der Waals surface area contributed by atoms with Gasteiger partial charge < -0.3 is 9.64 Å². The highest BCUT2D eigenvalue weighted by atomic mass is 16.5. The van der Waals surface area contributed by atoms with Crippen LogP contribution in [-0.2, 0) is 16.1 Å². The third kappa shape index (κ3) is 3.70. The molecule has 0 bridgehead atoms. The molecule has 0 saturated carbocycles. The van der Waals surface area contributed by atoms with Gasteiger partial charge in [-0.05, 0) is 43.4 Å². The van der Waals surface area contributed by atoms with Gasteiger partial charge in [0.1, 0.15) is 0 Å². The van der Waals surface area contributed by atoms with Crippen LogP contribution in [0.5, 0.6) is 0 Å². The second-order valence-corrected chi connectivity index (χ2v) is 5.85. The van der Waals surface area contributed by atoms with Gasteiger partial charge in [-0.1, -0.05) is 12.2 Å². The first-order valence-corrected chi connectivity index (χ1v) is 7.77. The fourth-order valence-corrected chi connectivity index (χ4v) is 3.05. The van der Waals surface area contributed by atoms with Crippen molar-refractivity contribution in [3.63, 3.8) is 0 Å². The van der Waals surface area contributed by atoms with Crippen molar-refractivity contribution >= 4 is 5.91 Å². The Labute approximate surface area is 125 Å². The van der Waals surface area contributed by atoms with E-state index in [4.69, 9.17) is 4.74 Å². The van der Waals surface area contributed by atoms with Crippen molar-refractivity contribution in [2.45, 2.75) is 38.3 Å². The predicted molar refractivity (Wildman–Crippen MR) is 80.5 cm³/mol. The molecule has 1 atom stereocenters. The van der Waals surface area contributed by atoms with E-state index in [1.807, 2.05) is 17.0 Å². The lowest BCUT2D eigenvalue weighted by atomic mass is 10.0. The molecule has 1 amide bonds. The zero-order valence-electron chi connectivity index (χ0n) is 12.3. The number of rotatable bonds is 5. The zero-order chi connectivity index (χ0) is 14.5. The first-order valence-electron chi connectivity index (χ1n) is 7.77. The molecule has 1 aliphatic heterocycles. The van der Waals surface area contributed by atoms with E-state index in [2.05, 4.69) is 17.1 Å². The summed E-state index contributed by atoms with van der Waals surface area (Å²) in [5, 5.41) is 0. The van der Waals surface area contributed by atoms with E-state index >= 15 is 0 Å². The lowest BCUT2D eigenvalue weighted by Crippen LogP contribution is -2.40. The lowest BCUT2D eigenvalue weighted by Gasteiger charge is -2.28. The third-order valence-corrected chi connectivity index (χ3v) is 4.24. The Hall–Kier alpha value is -1.68. The number of carbonyl (C=O) groups is 1. The molecule has 2 heterocycles. The summed E-state index contributed by atoms with van der Waals surface area (Å²) in [5.74, 6) is 0.376. The molecule has 0 N–H and O–H groups in total. The van der Waals surface area contributed by atoms with E-state index < -0.39 is 0 Å². The van der Waals surface area contributed by atoms with Gasteiger partial charge in [-0.2, -0.15) is 0 Å². The fraction of sp³-hybridized carbons (Fsp3) is 0.529. The highest BCUT2D eigenvalue weighted by molar-refractivity contribution is 5.79. The Morgan fingerprint density at radius 2 is 2.05 bits per heavy atom. The smallest absolute Gasteiger partial charge is 0.226 e. The summed E-state index contributed by atoms with van der Waals surface area (Å²) in [6.07, 6.45) is 11.9. The Bertz CT molecular complexity index is 487. The van der Waals surface area contributed by atoms with Crippen molar-refractivity contribution in [3.8, 4) is 0 Å². The Balaban J connectivity index is 1.68. The topological polar surface area (TPSA) is 42.4 Å². The number of hydrogen-bond donors (Lipinski definition) is 0. The maximum Gasteiger partial charge on any atom is 0.226 e. The molecule has 0 spiro atoms. The molecule has 3 rings (SSSR count). The summed E-state index contributed by atoms with van der Waals surface area (Å²) in [6, 6.07) is 3.95. The van der Waals surface area contributed by atoms with Crippen LogP contribution in [0, 0.1) is 5.92 Å². The molecule has 1 aliphatic carbocycles. The normalized spacial score (nSPS) is 21.8. The van der Waals surface area contributed by atoms with Crippen molar-refractivity contribution in [2.75, 3.05) is 13.2 Å². The van der Waals surface area contributed by atoms with Crippen LogP contribution in [-0.4, -0.2) is 35.0 Å². The summed E-state index contributed by atoms with van der Waals surface area (Å²) < 4.78 is 5.71. The molecular formula is C17H22N2O2. The van der Waals surface area contributed by atoms with Gasteiger partial charge >= 0.3 is 0 Å². The van der Waals surface area contributed by atoms with Crippen LogP contribution >= 0.6 is 0 Å². The molecule has 1 aromatic heterocycles. The second kappa shape index (κ2) is 6.85. The van der Waals surface area contributed by atoms with Gasteiger partial charge in [-0.3, -0.25) is 9.78 Å². The summed E-state index contributed by atoms with van der Waals surface area (Å²) >= 11 is 0. The highest BCUT2D eigenvalue weighted by Crippen LogP contribution is 2.23. The van der Waals surface area contributed by atoms with Crippen molar-refractivity contribution in [3.05, 3.63) is 42.2 Å². The van der Waals surface area contributed by atoms with Crippen molar-refractivity contribution < 1.29 is 9.53 Å². The minimum atomic E-state index is 0.119. The number of ether oxygens (including phenoxy) is 1. The maximum atomic E-state index is 12.8. The van der Waals surface area contributed by atoms with E-state index in [9.17, 15) is 4.79 Å². The van der Waals surface area contributed by atoms with Crippen molar-refractivity contribution in [1.82, 2.24) is 9.88 Å². The van der Waals surface area contributed by atoms with Gasteiger partial charge in [0.05, 0.1) is 6.10 Å². The van der Waals surface area contributed by atoms with Gasteiger partial charge in [0.15, 0.2) is 0 Å². The first-order chi connectivity index (χ1) is 10.3. The van der Waals surface area contributed by atoms with E-state index in [1.165, 1.54) is 0 Å². The minimum Gasteiger partial charge on any atom is -0.376 e. The first kappa shape index (κ1) is 14.3. The quantitative estimate of drug-likeness (QED) is 0.781. The molecule has 21 heavy (non-hydrogen) atoms. The van der Waals surface area contributed by atoms with Crippen LogP contribution < -0.4 is 0 Å². The number of carbonyl (C=O) groups excluding carboxylic acids is 1. The zero-order valence-corrected chi connectivity index (χ0v) is 12.3. The van der Waals surface area contributed by atoms with Gasteiger partial charge in [0.2, 0.25) is 5.91 Å². The van der Waals surface area contributed by atoms with E-state index in [1.54, 1.807) is 12.4 Å². The van der Waals surface area contributed by atoms with Gasteiger partial charge in [0.25, 0.3) is 0 Å². The van der Waals surface area contributed by atoms with Crippen molar-refractivity contribution in [1.29, 1.82) is 0 Å². The number of nitrogens with zero attached hydrogens (tertiary/aromatic N) is 2. The van der Waals surface area contributed by atoms with E-state index in [0.29, 0.717) is 13.1 Å². The third-order valence-electron chi connectivity index (χ3n) is 4.24. The van der Waals surface area contributed by atoms with Crippen molar-refractivity contribution in [2.24, 2.45) is 5.92 Å². The summed E-state index contributed by atoms with van der Waals surface area (Å²) in [5.41, 5.74) is 1.13. The van der Waals surface area contributed by atoms with Gasteiger partial charge in [-0.25, -0.2) is 0 Å². The fourth-order valence-electron chi connectivity index (χ4n) is 3.05. The molecule has 2 aliphatic rings. The average Bonchev–Trinajstić information content (AvgIpc) is 3.20. The van der Waals surface area contributed by atoms with Crippen LogP contribution in [0.25, 0.3) is 0 Å². The number of aromatic nitrogens is 1. The van der Waals surface area contributed by atoms with Crippen LogP contribution in [0.4, 0.5) is 0 Å². The summed E-state index contributed by atoms with van der Waals surface area (Å²) in [6.45, 7) is 2.18. The average molecular weight is 286 g/mol. The molecule has 112 valence electrons. The molecule has 1 saturated heterocycles. The Kier molecular flexibility index (Phi) is 4.65. The molecule has 4 nitrogen and oxygen atoms in total. The van der Waals surface area contributed by atoms with E-state index in [0.717, 1.165) is 37.9 Å². The molecule has 0 aromatic carbocycles. The maximum absolute atomic E-state index is 12.8. The van der Waals surface area contributed by atoms with Crippen LogP contribution in [0.1, 0.15) is 31.2 Å². The van der Waals surface area contributed by atoms with E-state index in [-0.39, 0.29) is 17.9 Å². The standard InChI is InChI=1S/C17H22N2O2/c20-17(15-4-1-2-5-15)19(13-16-6-3-11-21-16)12-14-7-9-18-10-8-14/h1-2,7-10,15-16H,3-6,11-13H2/t16-/m1/s1. The molecule has 1 fully saturated rings. The van der Waals surface area contributed by atoms with Gasteiger partial charge in [-0.15, -0.1) is 0 Å². The second-order valence-electron chi connectivity index (χ2n) is 5.85. The SMILES string of the molecule is O=C(C1CC=CC1)N(Cc1ccncc1)C[C@H]1CCCO1. The monoisotopic (exact) mass is 286 g/mol. The molecular weight excluding hydrogens is 264 g/mol. The highest BCUT2D eigenvalue weighted by Gasteiger charge is 2.28. The van der Waals surface area contributed by atoms with Crippen LogP contribution in [0.15, 0.2) is 36.7 Å². The molecule has 0 radical (unpaired) electrons. The van der Waals surface area contributed by atoms with Crippen LogP contribution in [0.2, 0.25) is 0 Å². The molecule has 1 aromatic rings. The summed E-state index contributed by atoms with van der Waals surface area (Å²) in [4.78, 5) is 18.8. The summed E-state index contributed by atoms with van der Waals surface area (Å²) in [7, 11) is 0. The predicted octanol–water partition coefficient (Wildman–Crippen LogP) is 2.56. The Morgan fingerprint density at radius 1 is 1.29 bits per heavy atom. The number of amides is 1.